The number of hydrogen-bond acceptors (Lipinski definition) is 3. The standard InChI is InChI=1S/C18H14FNOS2/c19-14-5-2-1-4-12(14)18(21)20-9-7-15-13(8-11-23-15)17(20)16-6-3-10-22-16/h1-6,8,10-11,17H,7,9H2/t17-/m0/s1. The molecule has 0 fully saturated rings. The highest BCUT2D eigenvalue weighted by Crippen LogP contribution is 2.40. The maximum Gasteiger partial charge on any atom is 0.257 e. The lowest BCUT2D eigenvalue weighted by Crippen LogP contribution is -2.40. The second-order valence-electron chi connectivity index (χ2n) is 5.45. The van der Waals surface area contributed by atoms with Gasteiger partial charge in [-0.05, 0) is 47.0 Å². The topological polar surface area (TPSA) is 20.3 Å². The van der Waals surface area contributed by atoms with Gasteiger partial charge in [-0.15, -0.1) is 22.7 Å². The Kier molecular flexibility index (Phi) is 3.75. The SMILES string of the molecule is O=C(c1ccccc1F)N1CCc2sccc2[C@H]1c1cccs1. The third-order valence-corrected chi connectivity index (χ3v) is 6.06. The molecule has 0 bridgehead atoms. The van der Waals surface area contributed by atoms with E-state index in [0.29, 0.717) is 6.54 Å². The summed E-state index contributed by atoms with van der Waals surface area (Å²) in [6.07, 6.45) is 0.828. The van der Waals surface area contributed by atoms with E-state index < -0.39 is 5.82 Å². The van der Waals surface area contributed by atoms with Crippen LogP contribution in [-0.2, 0) is 6.42 Å². The molecule has 3 heterocycles. The van der Waals surface area contributed by atoms with E-state index in [1.807, 2.05) is 17.5 Å². The fourth-order valence-electron chi connectivity index (χ4n) is 3.08. The summed E-state index contributed by atoms with van der Waals surface area (Å²) in [7, 11) is 0. The molecule has 0 saturated carbocycles. The Balaban J connectivity index is 1.78. The van der Waals surface area contributed by atoms with Crippen molar-refractivity contribution in [3.05, 3.63) is 79.9 Å². The van der Waals surface area contributed by atoms with Crippen LogP contribution in [0.3, 0.4) is 0 Å². The summed E-state index contributed by atoms with van der Waals surface area (Å²) in [5.74, 6) is -0.697. The first-order chi connectivity index (χ1) is 11.3. The molecular formula is C18H14FNOS2. The second-order valence-corrected chi connectivity index (χ2v) is 7.43. The normalized spacial score (nSPS) is 17.1. The summed E-state index contributed by atoms with van der Waals surface area (Å²) in [5, 5.41) is 4.09. The maximum atomic E-state index is 14.1. The van der Waals surface area contributed by atoms with Gasteiger partial charge in [0, 0.05) is 16.3 Å². The number of halogens is 1. The molecular weight excluding hydrogens is 329 g/mol. The van der Waals surface area contributed by atoms with Crippen LogP contribution in [0.25, 0.3) is 0 Å². The molecule has 0 N–H and O–H groups in total. The fraction of sp³-hybridized carbons (Fsp3) is 0.167. The minimum atomic E-state index is -0.460. The predicted octanol–water partition coefficient (Wildman–Crippen LogP) is 4.74. The van der Waals surface area contributed by atoms with E-state index in [2.05, 4.69) is 11.4 Å². The Labute approximate surface area is 141 Å². The van der Waals surface area contributed by atoms with Crippen molar-refractivity contribution in [2.24, 2.45) is 0 Å². The van der Waals surface area contributed by atoms with Crippen molar-refractivity contribution >= 4 is 28.6 Å². The average Bonchev–Trinajstić information content (AvgIpc) is 3.25. The highest BCUT2D eigenvalue weighted by molar-refractivity contribution is 7.10. The van der Waals surface area contributed by atoms with E-state index in [9.17, 15) is 9.18 Å². The predicted molar refractivity (Wildman–Crippen MR) is 91.6 cm³/mol. The molecule has 116 valence electrons. The van der Waals surface area contributed by atoms with Crippen molar-refractivity contribution < 1.29 is 9.18 Å². The van der Waals surface area contributed by atoms with E-state index in [1.54, 1.807) is 45.8 Å². The first-order valence-corrected chi connectivity index (χ1v) is 9.17. The molecule has 1 atom stereocenters. The van der Waals surface area contributed by atoms with Crippen LogP contribution < -0.4 is 0 Å². The highest BCUT2D eigenvalue weighted by atomic mass is 32.1. The van der Waals surface area contributed by atoms with Crippen LogP contribution >= 0.6 is 22.7 Å². The Bertz CT molecular complexity index is 840. The van der Waals surface area contributed by atoms with Crippen LogP contribution in [0.4, 0.5) is 4.39 Å². The van der Waals surface area contributed by atoms with Gasteiger partial charge in [0.15, 0.2) is 0 Å². The van der Waals surface area contributed by atoms with Crippen molar-refractivity contribution in [3.8, 4) is 0 Å². The van der Waals surface area contributed by atoms with Crippen molar-refractivity contribution in [1.82, 2.24) is 4.90 Å². The Morgan fingerprint density at radius 3 is 2.74 bits per heavy atom. The zero-order valence-electron chi connectivity index (χ0n) is 12.2. The van der Waals surface area contributed by atoms with Gasteiger partial charge in [-0.1, -0.05) is 18.2 Å². The van der Waals surface area contributed by atoms with Gasteiger partial charge >= 0.3 is 0 Å². The summed E-state index contributed by atoms with van der Waals surface area (Å²) in [5.41, 5.74) is 1.32. The maximum absolute atomic E-state index is 14.1. The van der Waals surface area contributed by atoms with Crippen LogP contribution in [0.5, 0.6) is 0 Å². The molecule has 2 aromatic heterocycles. The van der Waals surface area contributed by atoms with Crippen molar-refractivity contribution in [3.63, 3.8) is 0 Å². The molecule has 5 heteroatoms. The highest BCUT2D eigenvalue weighted by Gasteiger charge is 2.34. The summed E-state index contributed by atoms with van der Waals surface area (Å²) in [6.45, 7) is 0.614. The molecule has 2 nitrogen and oxygen atoms in total. The minimum absolute atomic E-state index is 0.114. The number of carbonyl (C=O) groups excluding carboxylic acids is 1. The number of thiophene rings is 2. The van der Waals surface area contributed by atoms with Gasteiger partial charge in [-0.2, -0.15) is 0 Å². The lowest BCUT2D eigenvalue weighted by Gasteiger charge is -2.35. The van der Waals surface area contributed by atoms with Gasteiger partial charge in [-0.25, -0.2) is 4.39 Å². The fourth-order valence-corrected chi connectivity index (χ4v) is 4.84. The summed E-state index contributed by atoms with van der Waals surface area (Å²) < 4.78 is 14.1. The molecule has 4 rings (SSSR count). The lowest BCUT2D eigenvalue weighted by atomic mass is 9.97. The molecule has 0 spiro atoms. The molecule has 1 aromatic carbocycles. The number of nitrogens with zero attached hydrogens (tertiary/aromatic N) is 1. The number of carbonyl (C=O) groups is 1. The van der Waals surface area contributed by atoms with Crippen LogP contribution in [0.2, 0.25) is 0 Å². The second kappa shape index (κ2) is 5.91. The zero-order chi connectivity index (χ0) is 15.8. The van der Waals surface area contributed by atoms with E-state index in [1.165, 1.54) is 16.5 Å². The molecule has 0 unspecified atom stereocenters. The summed E-state index contributed by atoms with van der Waals surface area (Å²) in [4.78, 5) is 17.2. The van der Waals surface area contributed by atoms with Crippen molar-refractivity contribution in [2.45, 2.75) is 12.5 Å². The van der Waals surface area contributed by atoms with E-state index >= 15 is 0 Å². The minimum Gasteiger partial charge on any atom is -0.326 e. The Hall–Kier alpha value is -1.98. The first kappa shape index (κ1) is 14.6. The van der Waals surface area contributed by atoms with Gasteiger partial charge in [0.05, 0.1) is 11.6 Å². The molecule has 1 aliphatic heterocycles. The molecule has 1 aliphatic rings. The zero-order valence-corrected chi connectivity index (χ0v) is 13.9. The third kappa shape index (κ3) is 2.50. The number of hydrogen-bond donors (Lipinski definition) is 0. The molecule has 1 amide bonds. The van der Waals surface area contributed by atoms with Crippen LogP contribution in [0, 0.1) is 5.82 Å². The van der Waals surface area contributed by atoms with Gasteiger partial charge in [0.2, 0.25) is 0 Å². The van der Waals surface area contributed by atoms with E-state index in [4.69, 9.17) is 0 Å². The average molecular weight is 343 g/mol. The van der Waals surface area contributed by atoms with E-state index in [-0.39, 0.29) is 17.5 Å². The van der Waals surface area contributed by atoms with E-state index in [0.717, 1.165) is 11.3 Å². The Morgan fingerprint density at radius 1 is 1.09 bits per heavy atom. The smallest absolute Gasteiger partial charge is 0.257 e. The number of fused-ring (bicyclic) bond motifs is 1. The number of rotatable bonds is 2. The van der Waals surface area contributed by atoms with Gasteiger partial charge in [-0.3, -0.25) is 4.79 Å². The summed E-state index contributed by atoms with van der Waals surface area (Å²) in [6, 6.07) is 12.2. The first-order valence-electron chi connectivity index (χ1n) is 7.41. The quantitative estimate of drug-likeness (QED) is 0.658. The largest absolute Gasteiger partial charge is 0.326 e. The van der Waals surface area contributed by atoms with Gasteiger partial charge in [0.1, 0.15) is 5.82 Å². The van der Waals surface area contributed by atoms with Gasteiger partial charge in [0.25, 0.3) is 5.91 Å². The van der Waals surface area contributed by atoms with Crippen molar-refractivity contribution in [1.29, 1.82) is 0 Å². The molecule has 0 radical (unpaired) electrons. The molecule has 0 aliphatic carbocycles. The number of benzene rings is 1. The van der Waals surface area contributed by atoms with Crippen LogP contribution in [0.15, 0.2) is 53.2 Å². The molecule has 3 aromatic rings. The Morgan fingerprint density at radius 2 is 1.96 bits per heavy atom. The summed E-state index contributed by atoms with van der Waals surface area (Å²) >= 11 is 3.37. The third-order valence-electron chi connectivity index (χ3n) is 4.14. The monoisotopic (exact) mass is 343 g/mol. The number of amides is 1. The molecule has 23 heavy (non-hydrogen) atoms. The van der Waals surface area contributed by atoms with Crippen LogP contribution in [-0.4, -0.2) is 17.4 Å². The molecule has 0 saturated heterocycles. The lowest BCUT2D eigenvalue weighted by molar-refractivity contribution is 0.0694. The van der Waals surface area contributed by atoms with Gasteiger partial charge < -0.3 is 4.90 Å². The van der Waals surface area contributed by atoms with Crippen LogP contribution in [0.1, 0.15) is 31.7 Å². The van der Waals surface area contributed by atoms with Crippen molar-refractivity contribution in [2.75, 3.05) is 6.54 Å².